The van der Waals surface area contributed by atoms with Gasteiger partial charge >= 0.3 is 0 Å². The van der Waals surface area contributed by atoms with Gasteiger partial charge in [-0.2, -0.15) is 0 Å². The van der Waals surface area contributed by atoms with Crippen molar-refractivity contribution < 1.29 is 4.39 Å². The lowest BCUT2D eigenvalue weighted by Crippen LogP contribution is -2.44. The third kappa shape index (κ3) is 3.80. The fourth-order valence-electron chi connectivity index (χ4n) is 3.49. The van der Waals surface area contributed by atoms with E-state index in [9.17, 15) is 9.18 Å². The lowest BCUT2D eigenvalue weighted by molar-refractivity contribution is 0.190. The molecule has 1 atom stereocenters. The molecule has 2 aromatic heterocycles. The van der Waals surface area contributed by atoms with E-state index in [2.05, 4.69) is 9.88 Å². The molecule has 4 heterocycles. The van der Waals surface area contributed by atoms with Gasteiger partial charge in [0.15, 0.2) is 5.82 Å². The molecule has 2 aromatic rings. The summed E-state index contributed by atoms with van der Waals surface area (Å²) in [7, 11) is 0. The summed E-state index contributed by atoms with van der Waals surface area (Å²) in [5.74, 6) is 0.361. The molecule has 0 spiro atoms. The van der Waals surface area contributed by atoms with Crippen molar-refractivity contribution >= 4 is 47.6 Å². The number of halogens is 3. The first-order chi connectivity index (χ1) is 11.1. The second-order valence-electron chi connectivity index (χ2n) is 6.31. The van der Waals surface area contributed by atoms with Crippen LogP contribution in [0.2, 0.25) is 0 Å². The molecule has 1 saturated heterocycles. The van der Waals surface area contributed by atoms with Crippen LogP contribution in [-0.4, -0.2) is 45.9 Å². The molecule has 0 unspecified atom stereocenters. The molecule has 25 heavy (non-hydrogen) atoms. The minimum atomic E-state index is -0.343. The fraction of sp³-hybridized carbons (Fsp3) is 0.500. The maximum atomic E-state index is 14.1. The highest BCUT2D eigenvalue weighted by molar-refractivity contribution is 7.99. The zero-order valence-corrected chi connectivity index (χ0v) is 16.0. The summed E-state index contributed by atoms with van der Waals surface area (Å²) in [6.07, 6.45) is 3.23. The Kier molecular flexibility index (Phi) is 6.73. The van der Waals surface area contributed by atoms with Crippen molar-refractivity contribution in [3.63, 3.8) is 0 Å². The van der Waals surface area contributed by atoms with E-state index in [0.717, 1.165) is 32.5 Å². The van der Waals surface area contributed by atoms with E-state index >= 15 is 0 Å². The SMILES string of the molecule is Cl.Cl.NC1CCN(C[C@@H]2CSc3c(F)cnc4ccc(=O)n2c34)CC1. The van der Waals surface area contributed by atoms with Gasteiger partial charge in [0.1, 0.15) is 0 Å². The third-order valence-corrected chi connectivity index (χ3v) is 5.97. The number of nitrogens with two attached hydrogens (primary N) is 1. The number of pyridine rings is 2. The third-order valence-electron chi connectivity index (χ3n) is 4.74. The van der Waals surface area contributed by atoms with Gasteiger partial charge < -0.3 is 15.2 Å². The summed E-state index contributed by atoms with van der Waals surface area (Å²) in [6.45, 7) is 2.72. The van der Waals surface area contributed by atoms with Crippen LogP contribution in [0, 0.1) is 5.82 Å². The Bertz CT molecular complexity index is 811. The summed E-state index contributed by atoms with van der Waals surface area (Å²) >= 11 is 1.49. The van der Waals surface area contributed by atoms with E-state index in [1.807, 2.05) is 0 Å². The Morgan fingerprint density at radius 1 is 1.28 bits per heavy atom. The summed E-state index contributed by atoms with van der Waals surface area (Å²) in [5, 5.41) is 0. The number of piperidine rings is 1. The molecule has 0 radical (unpaired) electrons. The van der Waals surface area contributed by atoms with Crippen LogP contribution in [0.15, 0.2) is 28.0 Å². The van der Waals surface area contributed by atoms with Gasteiger partial charge in [-0.15, -0.1) is 36.6 Å². The Balaban J connectivity index is 0.00000113. The quantitative estimate of drug-likeness (QED) is 0.829. The average Bonchev–Trinajstić information content (AvgIpc) is 2.56. The predicted molar refractivity (Wildman–Crippen MR) is 104 cm³/mol. The molecular formula is C16H21Cl2FN4OS. The predicted octanol–water partition coefficient (Wildman–Crippen LogP) is 2.45. The Morgan fingerprint density at radius 3 is 2.72 bits per heavy atom. The van der Waals surface area contributed by atoms with E-state index < -0.39 is 0 Å². The molecule has 0 saturated carbocycles. The largest absolute Gasteiger partial charge is 0.328 e. The summed E-state index contributed by atoms with van der Waals surface area (Å²) in [6, 6.07) is 3.55. The van der Waals surface area contributed by atoms with E-state index in [1.54, 1.807) is 10.6 Å². The highest BCUT2D eigenvalue weighted by Gasteiger charge is 2.28. The summed E-state index contributed by atoms with van der Waals surface area (Å²) in [5.41, 5.74) is 7.21. The van der Waals surface area contributed by atoms with Gasteiger partial charge in [-0.05, 0) is 32.0 Å². The number of hydrogen-bond acceptors (Lipinski definition) is 5. The van der Waals surface area contributed by atoms with Crippen molar-refractivity contribution in [3.8, 4) is 0 Å². The Hall–Kier alpha value is -0.860. The molecule has 2 aliphatic heterocycles. The zero-order chi connectivity index (χ0) is 16.0. The molecule has 138 valence electrons. The van der Waals surface area contributed by atoms with Gasteiger partial charge in [-0.25, -0.2) is 4.39 Å². The molecule has 0 amide bonds. The van der Waals surface area contributed by atoms with Crippen molar-refractivity contribution in [1.82, 2.24) is 14.5 Å². The van der Waals surface area contributed by atoms with Crippen LogP contribution < -0.4 is 11.3 Å². The second kappa shape index (κ2) is 8.22. The first-order valence-electron chi connectivity index (χ1n) is 7.94. The molecule has 2 N–H and O–H groups in total. The van der Waals surface area contributed by atoms with E-state index in [0.29, 0.717) is 21.7 Å². The minimum Gasteiger partial charge on any atom is -0.328 e. The van der Waals surface area contributed by atoms with Crippen LogP contribution >= 0.6 is 36.6 Å². The van der Waals surface area contributed by atoms with Crippen molar-refractivity contribution in [2.75, 3.05) is 25.4 Å². The number of thioether (sulfide) groups is 1. The topological polar surface area (TPSA) is 64.2 Å². The van der Waals surface area contributed by atoms with Crippen LogP contribution in [0.25, 0.3) is 11.0 Å². The van der Waals surface area contributed by atoms with E-state index in [1.165, 1.54) is 24.0 Å². The molecule has 0 bridgehead atoms. The number of hydrogen-bond donors (Lipinski definition) is 1. The number of rotatable bonds is 2. The van der Waals surface area contributed by atoms with E-state index in [4.69, 9.17) is 5.73 Å². The van der Waals surface area contributed by atoms with Crippen LogP contribution in [0.4, 0.5) is 4.39 Å². The average molecular weight is 407 g/mol. The smallest absolute Gasteiger partial charge is 0.251 e. The fourth-order valence-corrected chi connectivity index (χ4v) is 4.64. The van der Waals surface area contributed by atoms with Gasteiger partial charge in [0.05, 0.1) is 28.2 Å². The van der Waals surface area contributed by atoms with Crippen molar-refractivity contribution in [2.45, 2.75) is 29.8 Å². The molecule has 1 fully saturated rings. The molecule has 2 aliphatic rings. The molecule has 4 rings (SSSR count). The second-order valence-corrected chi connectivity index (χ2v) is 7.34. The first-order valence-corrected chi connectivity index (χ1v) is 8.92. The van der Waals surface area contributed by atoms with Crippen molar-refractivity contribution in [1.29, 1.82) is 0 Å². The first kappa shape index (κ1) is 20.5. The Labute approximate surface area is 162 Å². The molecule has 0 aliphatic carbocycles. The number of likely N-dealkylation sites (tertiary alicyclic amines) is 1. The van der Waals surface area contributed by atoms with Crippen LogP contribution in [0.3, 0.4) is 0 Å². The molecule has 9 heteroatoms. The van der Waals surface area contributed by atoms with Gasteiger partial charge in [-0.1, -0.05) is 0 Å². The maximum absolute atomic E-state index is 14.1. The van der Waals surface area contributed by atoms with Crippen molar-refractivity contribution in [2.24, 2.45) is 5.73 Å². The van der Waals surface area contributed by atoms with Gasteiger partial charge in [0, 0.05) is 24.4 Å². The standard InChI is InChI=1S/C16H19FN4OS.2ClH/c17-12-7-19-13-1-2-14(22)21-11(9-23-16(12)15(13)21)8-20-5-3-10(18)4-6-20;;/h1-2,7,10-11H,3-6,8-9,18H2;2*1H/t11-;;/m1../s1. The Morgan fingerprint density at radius 2 is 2.00 bits per heavy atom. The minimum absolute atomic E-state index is 0. The monoisotopic (exact) mass is 406 g/mol. The lowest BCUT2D eigenvalue weighted by atomic mass is 10.1. The highest BCUT2D eigenvalue weighted by atomic mass is 35.5. The highest BCUT2D eigenvalue weighted by Crippen LogP contribution is 2.37. The molecule has 0 aromatic carbocycles. The molecule has 5 nitrogen and oxygen atoms in total. The van der Waals surface area contributed by atoms with Gasteiger partial charge in [0.25, 0.3) is 5.56 Å². The number of nitrogens with zero attached hydrogens (tertiary/aromatic N) is 3. The zero-order valence-electron chi connectivity index (χ0n) is 13.6. The maximum Gasteiger partial charge on any atom is 0.251 e. The summed E-state index contributed by atoms with van der Waals surface area (Å²) < 4.78 is 15.8. The lowest BCUT2D eigenvalue weighted by Gasteiger charge is -2.35. The van der Waals surface area contributed by atoms with Crippen LogP contribution in [0.5, 0.6) is 0 Å². The van der Waals surface area contributed by atoms with Crippen LogP contribution in [0.1, 0.15) is 18.9 Å². The van der Waals surface area contributed by atoms with Gasteiger partial charge in [-0.3, -0.25) is 9.78 Å². The normalized spacial score (nSPS) is 20.8. The molecular weight excluding hydrogens is 386 g/mol. The van der Waals surface area contributed by atoms with Crippen LogP contribution in [-0.2, 0) is 0 Å². The van der Waals surface area contributed by atoms with Gasteiger partial charge in [0.2, 0.25) is 0 Å². The van der Waals surface area contributed by atoms with E-state index in [-0.39, 0.29) is 48.3 Å². The van der Waals surface area contributed by atoms with Crippen molar-refractivity contribution in [3.05, 3.63) is 34.5 Å². The summed E-state index contributed by atoms with van der Waals surface area (Å²) in [4.78, 5) is 19.5. The number of aromatic nitrogens is 2.